The van der Waals surface area contributed by atoms with Crippen LogP contribution in [0.3, 0.4) is 0 Å². The van der Waals surface area contributed by atoms with Crippen LogP contribution in [0.1, 0.15) is 13.8 Å². The molecular formula is C16H18N4O2. The standard InChI is InChI=1S/C16H18N4O2/c1-3-19(4-2)15-12-8-11-14(16(15)20(21)22)18-17-13-9-6-5-7-10-13/h5-12H,3-4H2,1-2H3. The predicted molar refractivity (Wildman–Crippen MR) is 87.3 cm³/mol. The summed E-state index contributed by atoms with van der Waals surface area (Å²) in [5.41, 5.74) is 1.48. The van der Waals surface area contributed by atoms with Crippen LogP contribution in [-0.4, -0.2) is 18.0 Å². The molecule has 0 radical (unpaired) electrons. The molecule has 22 heavy (non-hydrogen) atoms. The number of azo groups is 1. The molecule has 0 saturated carbocycles. The van der Waals surface area contributed by atoms with E-state index in [1.165, 1.54) is 0 Å². The second kappa shape index (κ2) is 7.31. The first-order valence-electron chi connectivity index (χ1n) is 7.16. The quantitative estimate of drug-likeness (QED) is 0.434. The molecule has 0 aliphatic carbocycles. The SMILES string of the molecule is CCN(CC)c1cccc(N=Nc2ccccc2)c1[N+](=O)[O-]. The van der Waals surface area contributed by atoms with Crippen LogP contribution in [0.5, 0.6) is 0 Å². The van der Waals surface area contributed by atoms with E-state index in [0.717, 1.165) is 0 Å². The van der Waals surface area contributed by atoms with Gasteiger partial charge >= 0.3 is 5.69 Å². The summed E-state index contributed by atoms with van der Waals surface area (Å²) in [5, 5.41) is 19.6. The van der Waals surface area contributed by atoms with Gasteiger partial charge in [-0.25, -0.2) is 0 Å². The molecule has 2 aromatic rings. The minimum Gasteiger partial charge on any atom is -0.366 e. The first-order valence-corrected chi connectivity index (χ1v) is 7.16. The molecule has 2 aromatic carbocycles. The molecule has 114 valence electrons. The lowest BCUT2D eigenvalue weighted by Crippen LogP contribution is -2.22. The Kier molecular flexibility index (Phi) is 5.19. The molecule has 0 aromatic heterocycles. The summed E-state index contributed by atoms with van der Waals surface area (Å²) >= 11 is 0. The summed E-state index contributed by atoms with van der Waals surface area (Å²) in [4.78, 5) is 13.0. The van der Waals surface area contributed by atoms with Crippen molar-refractivity contribution in [1.82, 2.24) is 0 Å². The second-order valence-electron chi connectivity index (χ2n) is 4.61. The molecule has 0 heterocycles. The third-order valence-corrected chi connectivity index (χ3v) is 3.31. The Bertz CT molecular complexity index is 667. The van der Waals surface area contributed by atoms with Crippen molar-refractivity contribution >= 4 is 22.7 Å². The zero-order chi connectivity index (χ0) is 15.9. The fraction of sp³-hybridized carbons (Fsp3) is 0.250. The van der Waals surface area contributed by atoms with Gasteiger partial charge in [0.1, 0.15) is 5.69 Å². The maximum absolute atomic E-state index is 11.5. The number of rotatable bonds is 6. The summed E-state index contributed by atoms with van der Waals surface area (Å²) in [6.07, 6.45) is 0. The Morgan fingerprint density at radius 2 is 1.68 bits per heavy atom. The largest absolute Gasteiger partial charge is 0.366 e. The molecule has 0 saturated heterocycles. The molecule has 0 aliphatic heterocycles. The average molecular weight is 298 g/mol. The highest BCUT2D eigenvalue weighted by atomic mass is 16.6. The molecule has 0 atom stereocenters. The molecule has 0 spiro atoms. The van der Waals surface area contributed by atoms with Crippen LogP contribution in [0, 0.1) is 10.1 Å². The molecule has 0 bridgehead atoms. The van der Waals surface area contributed by atoms with E-state index in [0.29, 0.717) is 24.5 Å². The lowest BCUT2D eigenvalue weighted by atomic mass is 10.2. The van der Waals surface area contributed by atoms with Crippen molar-refractivity contribution in [1.29, 1.82) is 0 Å². The van der Waals surface area contributed by atoms with E-state index in [1.54, 1.807) is 30.3 Å². The third kappa shape index (κ3) is 3.46. The highest BCUT2D eigenvalue weighted by Crippen LogP contribution is 2.37. The van der Waals surface area contributed by atoms with Crippen molar-refractivity contribution in [3.63, 3.8) is 0 Å². The van der Waals surface area contributed by atoms with E-state index >= 15 is 0 Å². The molecular weight excluding hydrogens is 280 g/mol. The molecule has 0 aliphatic rings. The van der Waals surface area contributed by atoms with Gasteiger partial charge in [0.05, 0.1) is 10.6 Å². The number of nitro groups is 1. The topological polar surface area (TPSA) is 71.1 Å². The van der Waals surface area contributed by atoms with Crippen molar-refractivity contribution < 1.29 is 4.92 Å². The van der Waals surface area contributed by atoms with Gasteiger partial charge < -0.3 is 4.90 Å². The summed E-state index contributed by atoms with van der Waals surface area (Å²) in [6.45, 7) is 5.31. The number of para-hydroxylation sites is 1. The van der Waals surface area contributed by atoms with Gasteiger partial charge in [0.25, 0.3) is 0 Å². The lowest BCUT2D eigenvalue weighted by Gasteiger charge is -2.20. The fourth-order valence-corrected chi connectivity index (χ4v) is 2.21. The zero-order valence-corrected chi connectivity index (χ0v) is 12.6. The predicted octanol–water partition coefficient (Wildman–Crippen LogP) is 4.86. The van der Waals surface area contributed by atoms with Crippen LogP contribution in [-0.2, 0) is 0 Å². The summed E-state index contributed by atoms with van der Waals surface area (Å²) in [6, 6.07) is 14.3. The van der Waals surface area contributed by atoms with Crippen molar-refractivity contribution in [2.75, 3.05) is 18.0 Å². The van der Waals surface area contributed by atoms with Gasteiger partial charge in [0, 0.05) is 13.1 Å². The highest BCUT2D eigenvalue weighted by molar-refractivity contribution is 5.74. The number of hydrogen-bond acceptors (Lipinski definition) is 5. The number of nitro benzene ring substituents is 1. The van der Waals surface area contributed by atoms with Crippen LogP contribution in [0.25, 0.3) is 0 Å². The van der Waals surface area contributed by atoms with E-state index in [-0.39, 0.29) is 11.4 Å². The molecule has 0 N–H and O–H groups in total. The summed E-state index contributed by atoms with van der Waals surface area (Å²) < 4.78 is 0. The highest BCUT2D eigenvalue weighted by Gasteiger charge is 2.22. The summed E-state index contributed by atoms with van der Waals surface area (Å²) in [5.74, 6) is 0. The fourth-order valence-electron chi connectivity index (χ4n) is 2.21. The molecule has 0 unspecified atom stereocenters. The molecule has 0 amide bonds. The van der Waals surface area contributed by atoms with Crippen molar-refractivity contribution in [2.24, 2.45) is 10.2 Å². The van der Waals surface area contributed by atoms with Gasteiger partial charge in [0.2, 0.25) is 0 Å². The number of nitrogens with zero attached hydrogens (tertiary/aromatic N) is 4. The Hall–Kier alpha value is -2.76. The van der Waals surface area contributed by atoms with Gasteiger partial charge in [-0.3, -0.25) is 10.1 Å². The normalized spacial score (nSPS) is 10.8. The third-order valence-electron chi connectivity index (χ3n) is 3.31. The number of hydrogen-bond donors (Lipinski definition) is 0. The van der Waals surface area contributed by atoms with Crippen molar-refractivity contribution in [3.05, 3.63) is 58.6 Å². The van der Waals surface area contributed by atoms with Crippen LogP contribution in [0.15, 0.2) is 58.8 Å². The number of benzene rings is 2. The minimum atomic E-state index is -0.396. The maximum atomic E-state index is 11.5. The van der Waals surface area contributed by atoms with Crippen LogP contribution >= 0.6 is 0 Å². The minimum absolute atomic E-state index is 0.00844. The van der Waals surface area contributed by atoms with E-state index in [1.807, 2.05) is 36.9 Å². The van der Waals surface area contributed by atoms with Gasteiger partial charge in [0.15, 0.2) is 5.69 Å². The average Bonchev–Trinajstić information content (AvgIpc) is 2.55. The van der Waals surface area contributed by atoms with Crippen LogP contribution in [0.4, 0.5) is 22.7 Å². The first-order chi connectivity index (χ1) is 10.7. The van der Waals surface area contributed by atoms with Gasteiger partial charge in [-0.15, -0.1) is 5.11 Å². The van der Waals surface area contributed by atoms with E-state index in [2.05, 4.69) is 10.2 Å². The van der Waals surface area contributed by atoms with Crippen molar-refractivity contribution in [2.45, 2.75) is 13.8 Å². The zero-order valence-electron chi connectivity index (χ0n) is 12.6. The Morgan fingerprint density at radius 1 is 1.00 bits per heavy atom. The monoisotopic (exact) mass is 298 g/mol. The lowest BCUT2D eigenvalue weighted by molar-refractivity contribution is -0.383. The Labute approximate surface area is 129 Å². The molecule has 0 fully saturated rings. The second-order valence-corrected chi connectivity index (χ2v) is 4.61. The van der Waals surface area contributed by atoms with E-state index in [4.69, 9.17) is 0 Å². The molecule has 2 rings (SSSR count). The summed E-state index contributed by atoms with van der Waals surface area (Å²) in [7, 11) is 0. The number of anilines is 1. The maximum Gasteiger partial charge on any atom is 0.319 e. The smallest absolute Gasteiger partial charge is 0.319 e. The van der Waals surface area contributed by atoms with Gasteiger partial charge in [-0.1, -0.05) is 24.3 Å². The van der Waals surface area contributed by atoms with Crippen LogP contribution in [0.2, 0.25) is 0 Å². The molecule has 6 nitrogen and oxygen atoms in total. The molecule has 6 heteroatoms. The van der Waals surface area contributed by atoms with Gasteiger partial charge in [-0.2, -0.15) is 5.11 Å². The first kappa shape index (κ1) is 15.6. The Morgan fingerprint density at radius 3 is 2.27 bits per heavy atom. The van der Waals surface area contributed by atoms with Crippen LogP contribution < -0.4 is 4.90 Å². The Balaban J connectivity index is 2.45. The van der Waals surface area contributed by atoms with Gasteiger partial charge in [-0.05, 0) is 38.1 Å². The van der Waals surface area contributed by atoms with E-state index < -0.39 is 4.92 Å². The van der Waals surface area contributed by atoms with E-state index in [9.17, 15) is 10.1 Å². The van der Waals surface area contributed by atoms with Crippen molar-refractivity contribution in [3.8, 4) is 0 Å².